The lowest BCUT2D eigenvalue weighted by Gasteiger charge is -1.82. The molecule has 39 valence electrons. The Morgan fingerprint density at radius 3 is 3.00 bits per heavy atom. The summed E-state index contributed by atoms with van der Waals surface area (Å²) in [6.45, 7) is 0. The number of thiocarbonyl (C=S) groups is 1. The van der Waals surface area contributed by atoms with Crippen LogP contribution in [-0.2, 0) is 0 Å². The van der Waals surface area contributed by atoms with Gasteiger partial charge in [-0.2, -0.15) is 0 Å². The lowest BCUT2D eigenvalue weighted by molar-refractivity contribution is 1.31. The molecule has 1 radical (unpaired) electrons. The van der Waals surface area contributed by atoms with E-state index in [0.29, 0.717) is 0 Å². The first kappa shape index (κ1) is 5.38. The number of nitrogens with zero attached hydrogens (tertiary/aromatic N) is 1. The van der Waals surface area contributed by atoms with Gasteiger partial charge >= 0.3 is 0 Å². The second kappa shape index (κ2) is 2.52. The standard InChI is InChI=1S/C6H4NS/c8-5-6-3-1-2-4-7-6/h1,3-5H. The smallest absolute Gasteiger partial charge is 0.0737 e. The van der Waals surface area contributed by atoms with Crippen LogP contribution in [0.3, 0.4) is 0 Å². The highest BCUT2D eigenvalue weighted by Gasteiger charge is 1.79. The highest BCUT2D eigenvalue weighted by atomic mass is 32.1. The molecule has 1 heterocycles. The summed E-state index contributed by atoms with van der Waals surface area (Å²) in [5.41, 5.74) is 0.818. The average molecular weight is 122 g/mol. The number of hydrogen-bond acceptors (Lipinski definition) is 2. The van der Waals surface area contributed by atoms with Crippen molar-refractivity contribution in [1.29, 1.82) is 0 Å². The van der Waals surface area contributed by atoms with Crippen molar-refractivity contribution in [3.05, 3.63) is 30.1 Å². The van der Waals surface area contributed by atoms with Crippen molar-refractivity contribution in [2.45, 2.75) is 0 Å². The summed E-state index contributed by atoms with van der Waals surface area (Å²) >= 11 is 4.62. The first-order valence-corrected chi connectivity index (χ1v) is 2.68. The molecule has 0 saturated carbocycles. The van der Waals surface area contributed by atoms with Crippen molar-refractivity contribution < 1.29 is 0 Å². The summed E-state index contributed by atoms with van der Waals surface area (Å²) in [6, 6.07) is 6.39. The van der Waals surface area contributed by atoms with Crippen molar-refractivity contribution in [3.8, 4) is 0 Å². The van der Waals surface area contributed by atoms with Crippen LogP contribution in [0, 0.1) is 6.07 Å². The van der Waals surface area contributed by atoms with E-state index in [4.69, 9.17) is 0 Å². The molecule has 0 atom stereocenters. The fourth-order valence-corrected chi connectivity index (χ4v) is 0.541. The fourth-order valence-electron chi connectivity index (χ4n) is 0.401. The normalized spacial score (nSPS) is 8.50. The third-order valence-corrected chi connectivity index (χ3v) is 1.00. The molecule has 8 heavy (non-hydrogen) atoms. The molecule has 0 aliphatic rings. The molecule has 0 aromatic carbocycles. The Hall–Kier alpha value is -0.760. The van der Waals surface area contributed by atoms with Crippen LogP contribution in [0.5, 0.6) is 0 Å². The zero-order chi connectivity index (χ0) is 5.82. The lowest BCUT2D eigenvalue weighted by Crippen LogP contribution is -1.80. The van der Waals surface area contributed by atoms with Crippen LogP contribution in [0.4, 0.5) is 0 Å². The third-order valence-electron chi connectivity index (χ3n) is 0.759. The summed E-state index contributed by atoms with van der Waals surface area (Å²) in [7, 11) is 0. The molecule has 2 heteroatoms. The Labute approximate surface area is 53.4 Å². The van der Waals surface area contributed by atoms with E-state index in [1.165, 1.54) is 5.37 Å². The van der Waals surface area contributed by atoms with Gasteiger partial charge in [-0.3, -0.25) is 4.98 Å². The first-order chi connectivity index (χ1) is 3.93. The van der Waals surface area contributed by atoms with E-state index in [1.54, 1.807) is 12.3 Å². The SMILES string of the molecule is S=Cc1cc[c]cn1. The molecular formula is C6H4NS. The highest BCUT2D eigenvalue weighted by Crippen LogP contribution is 1.85. The third kappa shape index (κ3) is 1.10. The van der Waals surface area contributed by atoms with Crippen LogP contribution in [0.1, 0.15) is 5.69 Å². The van der Waals surface area contributed by atoms with Crippen LogP contribution in [0.15, 0.2) is 18.3 Å². The minimum Gasteiger partial charge on any atom is -0.255 e. The number of pyridine rings is 1. The average Bonchev–Trinajstić information content (AvgIpc) is 1.90. The second-order valence-electron chi connectivity index (χ2n) is 1.30. The van der Waals surface area contributed by atoms with Gasteiger partial charge in [-0.1, -0.05) is 18.3 Å². The molecule has 0 unspecified atom stereocenters. The first-order valence-electron chi connectivity index (χ1n) is 2.21. The quantitative estimate of drug-likeness (QED) is 0.519. The molecule has 1 aromatic rings. The molecule has 0 aliphatic heterocycles. The Bertz CT molecular complexity index is 171. The van der Waals surface area contributed by atoms with Gasteiger partial charge in [-0.05, 0) is 6.07 Å². The minimum atomic E-state index is 0.818. The molecule has 0 bridgehead atoms. The maximum absolute atomic E-state index is 4.62. The van der Waals surface area contributed by atoms with E-state index in [-0.39, 0.29) is 0 Å². The Morgan fingerprint density at radius 1 is 1.75 bits per heavy atom. The summed E-state index contributed by atoms with van der Waals surface area (Å²) in [5, 5.41) is 1.54. The van der Waals surface area contributed by atoms with Crippen molar-refractivity contribution in [2.75, 3.05) is 0 Å². The monoisotopic (exact) mass is 122 g/mol. The second-order valence-corrected chi connectivity index (χ2v) is 1.54. The van der Waals surface area contributed by atoms with Crippen molar-refractivity contribution in [3.63, 3.8) is 0 Å². The van der Waals surface area contributed by atoms with Gasteiger partial charge in [0, 0.05) is 17.6 Å². The van der Waals surface area contributed by atoms with E-state index in [1.807, 2.05) is 6.07 Å². The lowest BCUT2D eigenvalue weighted by atomic mass is 10.4. The maximum Gasteiger partial charge on any atom is 0.0737 e. The fraction of sp³-hybridized carbons (Fsp3) is 0. The zero-order valence-electron chi connectivity index (χ0n) is 4.16. The Balaban J connectivity index is 2.99. The van der Waals surface area contributed by atoms with E-state index in [9.17, 15) is 0 Å². The molecule has 0 fully saturated rings. The van der Waals surface area contributed by atoms with Crippen LogP contribution < -0.4 is 0 Å². The van der Waals surface area contributed by atoms with Gasteiger partial charge < -0.3 is 0 Å². The van der Waals surface area contributed by atoms with E-state index >= 15 is 0 Å². The predicted octanol–water partition coefficient (Wildman–Crippen LogP) is 1.23. The van der Waals surface area contributed by atoms with Gasteiger partial charge in [0.25, 0.3) is 0 Å². The van der Waals surface area contributed by atoms with Gasteiger partial charge in [0.1, 0.15) is 0 Å². The maximum atomic E-state index is 4.62. The Morgan fingerprint density at radius 2 is 2.62 bits per heavy atom. The topological polar surface area (TPSA) is 12.9 Å². The number of aromatic nitrogens is 1. The highest BCUT2D eigenvalue weighted by molar-refractivity contribution is 7.79. The molecule has 1 aromatic heterocycles. The van der Waals surface area contributed by atoms with Gasteiger partial charge in [0.2, 0.25) is 0 Å². The molecule has 0 amide bonds. The van der Waals surface area contributed by atoms with E-state index in [0.717, 1.165) is 5.69 Å². The minimum absolute atomic E-state index is 0.818. The number of rotatable bonds is 1. The Kier molecular flexibility index (Phi) is 1.70. The van der Waals surface area contributed by atoms with Crippen molar-refractivity contribution in [1.82, 2.24) is 4.98 Å². The van der Waals surface area contributed by atoms with E-state index in [2.05, 4.69) is 23.3 Å². The summed E-state index contributed by atoms with van der Waals surface area (Å²) in [4.78, 5) is 3.88. The summed E-state index contributed by atoms with van der Waals surface area (Å²) in [6.07, 6.45) is 1.60. The predicted molar refractivity (Wildman–Crippen MR) is 35.8 cm³/mol. The summed E-state index contributed by atoms with van der Waals surface area (Å²) in [5.74, 6) is 0. The van der Waals surface area contributed by atoms with Gasteiger partial charge in [0.05, 0.1) is 5.69 Å². The zero-order valence-corrected chi connectivity index (χ0v) is 4.98. The van der Waals surface area contributed by atoms with Gasteiger partial charge in [0.15, 0.2) is 0 Å². The van der Waals surface area contributed by atoms with Gasteiger partial charge in [-0.15, -0.1) is 0 Å². The molecule has 1 rings (SSSR count). The van der Waals surface area contributed by atoms with Crippen molar-refractivity contribution >= 4 is 17.6 Å². The number of hydrogen-bond donors (Lipinski definition) is 0. The molecule has 0 aliphatic carbocycles. The van der Waals surface area contributed by atoms with Crippen LogP contribution in [0.2, 0.25) is 0 Å². The molecule has 0 spiro atoms. The van der Waals surface area contributed by atoms with Crippen LogP contribution in [0.25, 0.3) is 0 Å². The molecule has 0 saturated heterocycles. The van der Waals surface area contributed by atoms with Gasteiger partial charge in [-0.25, -0.2) is 0 Å². The molecule has 1 nitrogen and oxygen atoms in total. The van der Waals surface area contributed by atoms with E-state index < -0.39 is 0 Å². The van der Waals surface area contributed by atoms with Crippen LogP contribution >= 0.6 is 12.2 Å². The largest absolute Gasteiger partial charge is 0.255 e. The summed E-state index contributed by atoms with van der Waals surface area (Å²) < 4.78 is 0. The van der Waals surface area contributed by atoms with Crippen molar-refractivity contribution in [2.24, 2.45) is 0 Å². The molecule has 0 N–H and O–H groups in total. The van der Waals surface area contributed by atoms with Crippen LogP contribution in [-0.4, -0.2) is 10.4 Å². The molecular weight excluding hydrogens is 118 g/mol.